The molecule has 0 radical (unpaired) electrons. The lowest BCUT2D eigenvalue weighted by Crippen LogP contribution is -1.97. The lowest BCUT2D eigenvalue weighted by Gasteiger charge is -2.05. The molecule has 3 aromatic rings. The molecular formula is C18H17NO2S2. The van der Waals surface area contributed by atoms with Gasteiger partial charge in [-0.25, -0.2) is 8.42 Å². The highest BCUT2D eigenvalue weighted by Gasteiger charge is 2.08. The van der Waals surface area contributed by atoms with Crippen LogP contribution in [0, 0.1) is 0 Å². The van der Waals surface area contributed by atoms with Gasteiger partial charge in [0.05, 0.1) is 10.6 Å². The molecule has 0 atom stereocenters. The minimum atomic E-state index is -3.16. The molecule has 0 amide bonds. The van der Waals surface area contributed by atoms with Crippen molar-refractivity contribution in [3.05, 3.63) is 70.5 Å². The molecule has 0 aliphatic carbocycles. The Hall–Kier alpha value is -1.98. The first-order valence-corrected chi connectivity index (χ1v) is 10.1. The number of aromatic nitrogens is 1. The second-order valence-electron chi connectivity index (χ2n) is 5.39. The van der Waals surface area contributed by atoms with Gasteiger partial charge in [0.1, 0.15) is 0 Å². The summed E-state index contributed by atoms with van der Waals surface area (Å²) in [5.41, 5.74) is 2.84. The van der Waals surface area contributed by atoms with Gasteiger partial charge >= 0.3 is 0 Å². The summed E-state index contributed by atoms with van der Waals surface area (Å²) in [4.78, 5) is 6.37. The highest BCUT2D eigenvalue weighted by Crippen LogP contribution is 2.20. The quantitative estimate of drug-likeness (QED) is 0.703. The van der Waals surface area contributed by atoms with E-state index >= 15 is 0 Å². The maximum Gasteiger partial charge on any atom is 0.175 e. The van der Waals surface area contributed by atoms with Gasteiger partial charge in [-0.15, -0.1) is 11.3 Å². The van der Waals surface area contributed by atoms with Gasteiger partial charge in [0.15, 0.2) is 9.84 Å². The molecule has 5 heteroatoms. The van der Waals surface area contributed by atoms with Crippen LogP contribution in [0.1, 0.15) is 10.6 Å². The summed E-state index contributed by atoms with van der Waals surface area (Å²) in [6.45, 7) is 0. The molecule has 0 fully saturated rings. The topological polar surface area (TPSA) is 47.0 Å². The predicted octanol–water partition coefficient (Wildman–Crippen LogP) is 4.00. The van der Waals surface area contributed by atoms with E-state index in [1.807, 2.05) is 30.3 Å². The van der Waals surface area contributed by atoms with Crippen molar-refractivity contribution >= 4 is 21.2 Å². The van der Waals surface area contributed by atoms with E-state index in [1.165, 1.54) is 11.1 Å². The van der Waals surface area contributed by atoms with E-state index in [2.05, 4.69) is 22.5 Å². The van der Waals surface area contributed by atoms with Crippen molar-refractivity contribution in [3.8, 4) is 11.3 Å². The van der Waals surface area contributed by atoms with E-state index in [0.717, 1.165) is 29.8 Å². The number of hydrogen-bond donors (Lipinski definition) is 0. The number of aryl methyl sites for hydroxylation is 2. The molecule has 0 bridgehead atoms. The first-order chi connectivity index (χ1) is 11.0. The van der Waals surface area contributed by atoms with Crippen LogP contribution < -0.4 is 0 Å². The molecule has 2 heterocycles. The number of thiophene rings is 1. The fourth-order valence-electron chi connectivity index (χ4n) is 2.36. The average Bonchev–Trinajstić information content (AvgIpc) is 3.06. The molecule has 118 valence electrons. The Morgan fingerprint density at radius 2 is 1.74 bits per heavy atom. The zero-order valence-electron chi connectivity index (χ0n) is 12.8. The summed E-state index contributed by atoms with van der Waals surface area (Å²) in [7, 11) is -3.16. The van der Waals surface area contributed by atoms with Crippen LogP contribution in [0.4, 0.5) is 0 Å². The third-order valence-electron chi connectivity index (χ3n) is 3.59. The van der Waals surface area contributed by atoms with Gasteiger partial charge in [0.25, 0.3) is 0 Å². The van der Waals surface area contributed by atoms with E-state index in [-0.39, 0.29) is 0 Å². The minimum Gasteiger partial charge on any atom is -0.253 e. The Morgan fingerprint density at radius 3 is 2.39 bits per heavy atom. The smallest absolute Gasteiger partial charge is 0.175 e. The summed E-state index contributed by atoms with van der Waals surface area (Å²) in [6.07, 6.45) is 3.10. The zero-order chi connectivity index (χ0) is 16.3. The lowest BCUT2D eigenvalue weighted by atomic mass is 10.1. The zero-order valence-corrected chi connectivity index (χ0v) is 14.4. The number of sulfone groups is 1. The Kier molecular flexibility index (Phi) is 4.59. The van der Waals surface area contributed by atoms with Gasteiger partial charge in [-0.2, -0.15) is 0 Å². The second kappa shape index (κ2) is 6.64. The van der Waals surface area contributed by atoms with Crippen LogP contribution in [0.3, 0.4) is 0 Å². The van der Waals surface area contributed by atoms with Gasteiger partial charge < -0.3 is 0 Å². The molecule has 23 heavy (non-hydrogen) atoms. The average molecular weight is 343 g/mol. The highest BCUT2D eigenvalue weighted by atomic mass is 32.2. The van der Waals surface area contributed by atoms with Gasteiger partial charge in [-0.1, -0.05) is 24.3 Å². The highest BCUT2D eigenvalue weighted by molar-refractivity contribution is 7.90. The van der Waals surface area contributed by atoms with E-state index < -0.39 is 9.84 Å². The Balaban J connectivity index is 1.79. The molecule has 3 rings (SSSR count). The van der Waals surface area contributed by atoms with Crippen molar-refractivity contribution in [1.82, 2.24) is 4.98 Å². The maximum atomic E-state index is 11.5. The van der Waals surface area contributed by atoms with Gasteiger partial charge in [0.2, 0.25) is 0 Å². The monoisotopic (exact) mass is 343 g/mol. The number of benzene rings is 1. The molecule has 0 unspecified atom stereocenters. The molecule has 0 saturated heterocycles. The van der Waals surface area contributed by atoms with E-state index in [4.69, 9.17) is 0 Å². The van der Waals surface area contributed by atoms with E-state index in [9.17, 15) is 8.42 Å². The molecule has 1 aromatic carbocycles. The predicted molar refractivity (Wildman–Crippen MR) is 94.5 cm³/mol. The molecule has 0 aliphatic heterocycles. The third-order valence-corrected chi connectivity index (χ3v) is 5.66. The molecule has 0 N–H and O–H groups in total. The summed E-state index contributed by atoms with van der Waals surface area (Å²) in [5.74, 6) is 0. The maximum absolute atomic E-state index is 11.5. The minimum absolute atomic E-state index is 0.329. The summed E-state index contributed by atoms with van der Waals surface area (Å²) < 4.78 is 23.0. The Bertz CT molecular complexity index is 883. The summed E-state index contributed by atoms with van der Waals surface area (Å²) in [6, 6.07) is 17.0. The van der Waals surface area contributed by atoms with Crippen molar-refractivity contribution in [1.29, 1.82) is 0 Å². The van der Waals surface area contributed by atoms with Crippen LogP contribution in [0.15, 0.2) is 64.9 Å². The number of rotatable bonds is 5. The van der Waals surface area contributed by atoms with Gasteiger partial charge in [-0.3, -0.25) is 4.98 Å². The number of pyridine rings is 1. The summed E-state index contributed by atoms with van der Waals surface area (Å²) in [5, 5.41) is 2.09. The van der Waals surface area contributed by atoms with Crippen molar-refractivity contribution in [2.24, 2.45) is 0 Å². The van der Waals surface area contributed by atoms with Crippen molar-refractivity contribution in [3.63, 3.8) is 0 Å². The molecule has 0 saturated carbocycles. The number of nitrogens with zero attached hydrogens (tertiary/aromatic N) is 1. The Labute approximate surface area is 140 Å². The SMILES string of the molecule is CS(=O)(=O)c1ccc(-c2cccc(CCc3cccs3)n2)cc1. The van der Waals surface area contributed by atoms with Crippen LogP contribution in [-0.4, -0.2) is 19.7 Å². The summed E-state index contributed by atoms with van der Waals surface area (Å²) >= 11 is 1.76. The first-order valence-electron chi connectivity index (χ1n) is 7.31. The lowest BCUT2D eigenvalue weighted by molar-refractivity contribution is 0.602. The fraction of sp³-hybridized carbons (Fsp3) is 0.167. The Morgan fingerprint density at radius 1 is 0.957 bits per heavy atom. The molecular weight excluding hydrogens is 326 g/mol. The number of hydrogen-bond acceptors (Lipinski definition) is 4. The van der Waals surface area contributed by atoms with Gasteiger partial charge in [0, 0.05) is 22.4 Å². The van der Waals surface area contributed by atoms with Crippen molar-refractivity contribution < 1.29 is 8.42 Å². The van der Waals surface area contributed by atoms with Crippen LogP contribution in [0.5, 0.6) is 0 Å². The van der Waals surface area contributed by atoms with Crippen molar-refractivity contribution in [2.75, 3.05) is 6.26 Å². The first kappa shape index (κ1) is 15.9. The largest absolute Gasteiger partial charge is 0.253 e. The molecule has 3 nitrogen and oxygen atoms in total. The van der Waals surface area contributed by atoms with Crippen LogP contribution in [-0.2, 0) is 22.7 Å². The van der Waals surface area contributed by atoms with E-state index in [0.29, 0.717) is 4.90 Å². The molecule has 0 aliphatic rings. The molecule has 2 aromatic heterocycles. The standard InChI is InChI=1S/C18H17NO2S2/c1-23(20,21)17-11-7-14(8-12-17)18-6-2-4-15(19-18)9-10-16-5-3-13-22-16/h2-8,11-13H,9-10H2,1H3. The third kappa shape index (κ3) is 4.06. The van der Waals surface area contributed by atoms with Gasteiger partial charge in [-0.05, 0) is 48.6 Å². The normalized spacial score (nSPS) is 11.5. The van der Waals surface area contributed by atoms with Crippen LogP contribution in [0.25, 0.3) is 11.3 Å². The molecule has 0 spiro atoms. The van der Waals surface area contributed by atoms with E-state index in [1.54, 1.807) is 23.5 Å². The van der Waals surface area contributed by atoms with Crippen LogP contribution in [0.2, 0.25) is 0 Å². The fourth-order valence-corrected chi connectivity index (χ4v) is 3.70. The second-order valence-corrected chi connectivity index (χ2v) is 8.44. The van der Waals surface area contributed by atoms with Crippen LogP contribution >= 0.6 is 11.3 Å². The van der Waals surface area contributed by atoms with Crippen molar-refractivity contribution in [2.45, 2.75) is 17.7 Å².